The van der Waals surface area contributed by atoms with Crippen molar-refractivity contribution in [1.29, 1.82) is 0 Å². The maximum atomic E-state index is 11.9. The van der Waals surface area contributed by atoms with E-state index in [1.807, 2.05) is 25.1 Å². The van der Waals surface area contributed by atoms with E-state index in [9.17, 15) is 4.79 Å². The van der Waals surface area contributed by atoms with Gasteiger partial charge in [0.15, 0.2) is 6.04 Å². The summed E-state index contributed by atoms with van der Waals surface area (Å²) in [5.41, 5.74) is 10.6. The van der Waals surface area contributed by atoms with Crippen LogP contribution in [-0.4, -0.2) is 24.5 Å². The SMILES string of the molecule is C[C@H](Cc1ccccc1)NC(=O)[C@@H]([NH3+])CCCCN. The molecule has 0 aromatic heterocycles. The third kappa shape index (κ3) is 6.36. The molecule has 0 unspecified atom stereocenters. The van der Waals surface area contributed by atoms with Gasteiger partial charge in [-0.3, -0.25) is 4.79 Å². The number of hydrogen-bond donors (Lipinski definition) is 3. The summed E-state index contributed by atoms with van der Waals surface area (Å²) in [4.78, 5) is 11.9. The lowest BCUT2D eigenvalue weighted by Crippen LogP contribution is -2.68. The first-order valence-corrected chi connectivity index (χ1v) is 7.01. The topological polar surface area (TPSA) is 82.8 Å². The Morgan fingerprint density at radius 3 is 2.63 bits per heavy atom. The van der Waals surface area contributed by atoms with Crippen molar-refractivity contribution in [2.75, 3.05) is 6.54 Å². The number of quaternary nitrogens is 1. The van der Waals surface area contributed by atoms with Crippen LogP contribution in [-0.2, 0) is 11.2 Å². The summed E-state index contributed by atoms with van der Waals surface area (Å²) in [5.74, 6) is 0.0421. The molecule has 19 heavy (non-hydrogen) atoms. The number of nitrogens with two attached hydrogens (primary N) is 1. The Kier molecular flexibility index (Phi) is 7.15. The minimum absolute atomic E-state index is 0.0421. The molecular formula is C15H26N3O+. The smallest absolute Gasteiger partial charge is 0.278 e. The minimum atomic E-state index is -0.176. The van der Waals surface area contributed by atoms with Crippen LogP contribution >= 0.6 is 0 Å². The van der Waals surface area contributed by atoms with Crippen LogP contribution in [0.4, 0.5) is 0 Å². The van der Waals surface area contributed by atoms with Crippen LogP contribution in [0.15, 0.2) is 30.3 Å². The summed E-state index contributed by atoms with van der Waals surface area (Å²) in [6.07, 6.45) is 3.58. The highest BCUT2D eigenvalue weighted by Crippen LogP contribution is 2.03. The number of benzene rings is 1. The standard InChI is InChI=1S/C15H25N3O/c1-12(11-13-7-3-2-4-8-13)18-15(19)14(17)9-5-6-10-16/h2-4,7-8,12,14H,5-6,9-11,16-17H2,1H3,(H,18,19)/p+1/t12-,14+/m1/s1. The fraction of sp³-hybridized carbons (Fsp3) is 0.533. The number of carbonyl (C=O) groups is 1. The lowest BCUT2D eigenvalue weighted by atomic mass is 10.1. The average molecular weight is 264 g/mol. The maximum Gasteiger partial charge on any atom is 0.278 e. The normalized spacial score (nSPS) is 13.8. The number of carbonyl (C=O) groups excluding carboxylic acids is 1. The first kappa shape index (κ1) is 15.7. The third-order valence-electron chi connectivity index (χ3n) is 3.15. The molecular weight excluding hydrogens is 238 g/mol. The molecule has 0 fully saturated rings. The summed E-state index contributed by atoms with van der Waals surface area (Å²) >= 11 is 0. The van der Waals surface area contributed by atoms with Gasteiger partial charge in [0.1, 0.15) is 0 Å². The van der Waals surface area contributed by atoms with Gasteiger partial charge >= 0.3 is 0 Å². The maximum absolute atomic E-state index is 11.9. The van der Waals surface area contributed by atoms with Crippen molar-refractivity contribution >= 4 is 5.91 Å². The van der Waals surface area contributed by atoms with Crippen LogP contribution < -0.4 is 16.8 Å². The Morgan fingerprint density at radius 1 is 1.32 bits per heavy atom. The molecule has 1 rings (SSSR count). The van der Waals surface area contributed by atoms with Crippen LogP contribution in [0.2, 0.25) is 0 Å². The van der Waals surface area contributed by atoms with Gasteiger partial charge in [0.05, 0.1) is 0 Å². The van der Waals surface area contributed by atoms with Gasteiger partial charge in [-0.2, -0.15) is 0 Å². The predicted molar refractivity (Wildman–Crippen MR) is 77.3 cm³/mol. The Balaban J connectivity index is 2.31. The number of amides is 1. The van der Waals surface area contributed by atoms with Crippen LogP contribution in [0, 0.1) is 0 Å². The minimum Gasteiger partial charge on any atom is -0.348 e. The van der Waals surface area contributed by atoms with Crippen molar-refractivity contribution in [3.63, 3.8) is 0 Å². The van der Waals surface area contributed by atoms with E-state index in [0.29, 0.717) is 6.54 Å². The second-order valence-electron chi connectivity index (χ2n) is 5.08. The summed E-state index contributed by atoms with van der Waals surface area (Å²) < 4.78 is 0. The molecule has 6 N–H and O–H groups in total. The molecule has 0 radical (unpaired) electrons. The molecule has 1 amide bonds. The average Bonchev–Trinajstić information content (AvgIpc) is 2.39. The molecule has 0 aliphatic heterocycles. The molecule has 2 atom stereocenters. The van der Waals surface area contributed by atoms with Crippen LogP contribution in [0.5, 0.6) is 0 Å². The van der Waals surface area contributed by atoms with E-state index in [1.165, 1.54) is 5.56 Å². The molecule has 0 saturated carbocycles. The van der Waals surface area contributed by atoms with Gasteiger partial charge in [-0.25, -0.2) is 0 Å². The largest absolute Gasteiger partial charge is 0.348 e. The van der Waals surface area contributed by atoms with E-state index in [1.54, 1.807) is 0 Å². The number of rotatable bonds is 8. The molecule has 0 aliphatic carbocycles. The number of unbranched alkanes of at least 4 members (excludes halogenated alkanes) is 1. The summed E-state index contributed by atoms with van der Waals surface area (Å²) in [6, 6.07) is 10.1. The molecule has 1 aromatic carbocycles. The van der Waals surface area contributed by atoms with Crippen LogP contribution in [0.1, 0.15) is 31.7 Å². The molecule has 4 heteroatoms. The van der Waals surface area contributed by atoms with E-state index in [4.69, 9.17) is 5.73 Å². The highest BCUT2D eigenvalue weighted by Gasteiger charge is 2.18. The summed E-state index contributed by atoms with van der Waals surface area (Å²) in [5, 5.41) is 3.02. The van der Waals surface area contributed by atoms with Crippen molar-refractivity contribution < 1.29 is 10.5 Å². The molecule has 0 bridgehead atoms. The molecule has 0 heterocycles. The first-order chi connectivity index (χ1) is 9.13. The predicted octanol–water partition coefficient (Wildman–Crippen LogP) is 0.473. The summed E-state index contributed by atoms with van der Waals surface area (Å²) in [6.45, 7) is 2.70. The Hall–Kier alpha value is -1.39. The Morgan fingerprint density at radius 2 is 2.00 bits per heavy atom. The second kappa shape index (κ2) is 8.67. The highest BCUT2D eigenvalue weighted by atomic mass is 16.2. The lowest BCUT2D eigenvalue weighted by Gasteiger charge is -2.16. The fourth-order valence-corrected chi connectivity index (χ4v) is 2.05. The van der Waals surface area contributed by atoms with Crippen molar-refractivity contribution in [2.24, 2.45) is 5.73 Å². The lowest BCUT2D eigenvalue weighted by molar-refractivity contribution is -0.405. The van der Waals surface area contributed by atoms with Gasteiger partial charge < -0.3 is 16.8 Å². The monoisotopic (exact) mass is 264 g/mol. The Labute approximate surface area is 115 Å². The molecule has 4 nitrogen and oxygen atoms in total. The highest BCUT2D eigenvalue weighted by molar-refractivity contribution is 5.80. The van der Waals surface area contributed by atoms with Gasteiger partial charge in [0, 0.05) is 12.5 Å². The van der Waals surface area contributed by atoms with E-state index in [0.717, 1.165) is 25.7 Å². The third-order valence-corrected chi connectivity index (χ3v) is 3.15. The molecule has 0 spiro atoms. The van der Waals surface area contributed by atoms with Gasteiger partial charge in [-0.1, -0.05) is 30.3 Å². The van der Waals surface area contributed by atoms with E-state index >= 15 is 0 Å². The first-order valence-electron chi connectivity index (χ1n) is 7.01. The molecule has 106 valence electrons. The molecule has 0 aliphatic rings. The van der Waals surface area contributed by atoms with Crippen molar-refractivity contribution in [3.05, 3.63) is 35.9 Å². The molecule has 1 aromatic rings. The quantitative estimate of drug-likeness (QED) is 0.597. The van der Waals surface area contributed by atoms with Crippen molar-refractivity contribution in [1.82, 2.24) is 5.32 Å². The zero-order valence-corrected chi connectivity index (χ0v) is 11.8. The van der Waals surface area contributed by atoms with Crippen LogP contribution in [0.3, 0.4) is 0 Å². The molecule has 0 saturated heterocycles. The Bertz CT molecular complexity index is 367. The fourth-order valence-electron chi connectivity index (χ4n) is 2.05. The van der Waals surface area contributed by atoms with Crippen molar-refractivity contribution in [2.45, 2.75) is 44.7 Å². The second-order valence-corrected chi connectivity index (χ2v) is 5.08. The van der Waals surface area contributed by atoms with E-state index in [2.05, 4.69) is 23.2 Å². The van der Waals surface area contributed by atoms with E-state index in [-0.39, 0.29) is 18.0 Å². The van der Waals surface area contributed by atoms with E-state index < -0.39 is 0 Å². The van der Waals surface area contributed by atoms with Gasteiger partial charge in [0.2, 0.25) is 0 Å². The zero-order chi connectivity index (χ0) is 14.1. The van der Waals surface area contributed by atoms with Gasteiger partial charge in [-0.15, -0.1) is 0 Å². The van der Waals surface area contributed by atoms with Crippen molar-refractivity contribution in [3.8, 4) is 0 Å². The summed E-state index contributed by atoms with van der Waals surface area (Å²) in [7, 11) is 0. The van der Waals surface area contributed by atoms with Crippen LogP contribution in [0.25, 0.3) is 0 Å². The van der Waals surface area contributed by atoms with Gasteiger partial charge in [0.25, 0.3) is 5.91 Å². The van der Waals surface area contributed by atoms with Gasteiger partial charge in [-0.05, 0) is 38.3 Å². The zero-order valence-electron chi connectivity index (χ0n) is 11.8. The number of nitrogens with one attached hydrogen (secondary N) is 1. The number of hydrogen-bond acceptors (Lipinski definition) is 2.